The number of hydrogen-bond donors (Lipinski definition) is 1. The maximum Gasteiger partial charge on any atom is 0.232 e. The van der Waals surface area contributed by atoms with E-state index in [1.807, 2.05) is 13.0 Å². The lowest BCUT2D eigenvalue weighted by Gasteiger charge is -2.22. The van der Waals surface area contributed by atoms with Crippen molar-refractivity contribution in [3.05, 3.63) is 41.6 Å². The van der Waals surface area contributed by atoms with Gasteiger partial charge in [-0.05, 0) is 44.9 Å². The molecule has 22 heavy (non-hydrogen) atoms. The van der Waals surface area contributed by atoms with Gasteiger partial charge in [0.15, 0.2) is 0 Å². The maximum absolute atomic E-state index is 4.69. The van der Waals surface area contributed by atoms with Crippen molar-refractivity contribution in [1.29, 1.82) is 0 Å². The van der Waals surface area contributed by atoms with Crippen LogP contribution in [0.15, 0.2) is 30.3 Å². The van der Waals surface area contributed by atoms with Crippen molar-refractivity contribution in [3.63, 3.8) is 0 Å². The molecule has 0 bridgehead atoms. The standard InChI is InChI=1S/C18H26N4/c1-5-7-11-19-17-13-15(4)20-18(21-17)22(6-2)16-10-8-9-14(3)12-16/h8-10,12-13H,5-7,11H2,1-4H3,(H,19,20,21). The smallest absolute Gasteiger partial charge is 0.232 e. The third kappa shape index (κ3) is 4.20. The van der Waals surface area contributed by atoms with Crippen molar-refractivity contribution >= 4 is 17.5 Å². The van der Waals surface area contributed by atoms with Crippen LogP contribution in [0.5, 0.6) is 0 Å². The van der Waals surface area contributed by atoms with Gasteiger partial charge in [-0.1, -0.05) is 25.5 Å². The molecule has 0 radical (unpaired) electrons. The minimum atomic E-state index is 0.757. The van der Waals surface area contributed by atoms with Gasteiger partial charge in [-0.2, -0.15) is 4.98 Å². The Morgan fingerprint density at radius 1 is 1.09 bits per heavy atom. The number of nitrogens with one attached hydrogen (secondary N) is 1. The number of hydrogen-bond acceptors (Lipinski definition) is 4. The van der Waals surface area contributed by atoms with Crippen LogP contribution >= 0.6 is 0 Å². The highest BCUT2D eigenvalue weighted by molar-refractivity contribution is 5.59. The molecule has 4 nitrogen and oxygen atoms in total. The fourth-order valence-corrected chi connectivity index (χ4v) is 2.39. The summed E-state index contributed by atoms with van der Waals surface area (Å²) in [6.45, 7) is 10.2. The molecule has 1 aromatic carbocycles. The van der Waals surface area contributed by atoms with Crippen LogP contribution in [-0.4, -0.2) is 23.1 Å². The maximum atomic E-state index is 4.69. The Labute approximate surface area is 133 Å². The largest absolute Gasteiger partial charge is 0.370 e. The second-order valence-electron chi connectivity index (χ2n) is 5.56. The summed E-state index contributed by atoms with van der Waals surface area (Å²) in [5.74, 6) is 1.66. The quantitative estimate of drug-likeness (QED) is 0.766. The van der Waals surface area contributed by atoms with Gasteiger partial charge < -0.3 is 10.2 Å². The molecule has 0 saturated heterocycles. The fraction of sp³-hybridized carbons (Fsp3) is 0.444. The zero-order valence-corrected chi connectivity index (χ0v) is 14.1. The molecule has 0 atom stereocenters. The average Bonchev–Trinajstić information content (AvgIpc) is 2.48. The van der Waals surface area contributed by atoms with E-state index in [4.69, 9.17) is 0 Å². The molecule has 118 valence electrons. The first-order valence-corrected chi connectivity index (χ1v) is 8.07. The summed E-state index contributed by atoms with van der Waals surface area (Å²) in [7, 11) is 0. The summed E-state index contributed by atoms with van der Waals surface area (Å²) in [6, 6.07) is 10.4. The number of anilines is 3. The van der Waals surface area contributed by atoms with E-state index in [1.165, 1.54) is 12.0 Å². The minimum absolute atomic E-state index is 0.757. The van der Waals surface area contributed by atoms with Crippen molar-refractivity contribution in [2.24, 2.45) is 0 Å². The Hall–Kier alpha value is -2.10. The average molecular weight is 298 g/mol. The van der Waals surface area contributed by atoms with E-state index in [1.54, 1.807) is 0 Å². The lowest BCUT2D eigenvalue weighted by Crippen LogP contribution is -2.20. The summed E-state index contributed by atoms with van der Waals surface area (Å²) >= 11 is 0. The van der Waals surface area contributed by atoms with Gasteiger partial charge in [0.05, 0.1) is 0 Å². The van der Waals surface area contributed by atoms with Gasteiger partial charge in [0.25, 0.3) is 0 Å². The lowest BCUT2D eigenvalue weighted by atomic mass is 10.2. The van der Waals surface area contributed by atoms with E-state index in [2.05, 4.69) is 65.2 Å². The van der Waals surface area contributed by atoms with Crippen molar-refractivity contribution < 1.29 is 0 Å². The second-order valence-corrected chi connectivity index (χ2v) is 5.56. The van der Waals surface area contributed by atoms with Gasteiger partial charge in [-0.3, -0.25) is 0 Å². The first kappa shape index (κ1) is 16.3. The summed E-state index contributed by atoms with van der Waals surface area (Å²) in [5, 5.41) is 3.39. The van der Waals surface area contributed by atoms with Gasteiger partial charge in [-0.25, -0.2) is 4.98 Å². The Morgan fingerprint density at radius 2 is 1.91 bits per heavy atom. The molecule has 4 heteroatoms. The predicted molar refractivity (Wildman–Crippen MR) is 94.0 cm³/mol. The zero-order chi connectivity index (χ0) is 15.9. The highest BCUT2D eigenvalue weighted by atomic mass is 15.3. The zero-order valence-electron chi connectivity index (χ0n) is 14.1. The van der Waals surface area contributed by atoms with E-state index < -0.39 is 0 Å². The van der Waals surface area contributed by atoms with Crippen molar-refractivity contribution in [3.8, 4) is 0 Å². The molecule has 2 aromatic rings. The number of benzene rings is 1. The minimum Gasteiger partial charge on any atom is -0.370 e. The number of rotatable bonds is 7. The molecule has 0 aliphatic carbocycles. The molecule has 1 N–H and O–H groups in total. The van der Waals surface area contributed by atoms with Gasteiger partial charge in [-0.15, -0.1) is 0 Å². The van der Waals surface area contributed by atoms with Crippen LogP contribution in [0.4, 0.5) is 17.5 Å². The lowest BCUT2D eigenvalue weighted by molar-refractivity contribution is 0.828. The molecule has 0 aliphatic rings. The molecule has 0 fully saturated rings. The van der Waals surface area contributed by atoms with Gasteiger partial charge in [0.2, 0.25) is 5.95 Å². The van der Waals surface area contributed by atoms with Gasteiger partial charge in [0, 0.05) is 30.5 Å². The second kappa shape index (κ2) is 7.78. The molecule has 0 saturated carbocycles. The summed E-state index contributed by atoms with van der Waals surface area (Å²) < 4.78 is 0. The molecular weight excluding hydrogens is 272 g/mol. The predicted octanol–water partition coefficient (Wildman–Crippen LogP) is 4.46. The summed E-state index contributed by atoms with van der Waals surface area (Å²) in [4.78, 5) is 11.4. The molecule has 0 spiro atoms. The molecule has 2 rings (SSSR count). The number of unbranched alkanes of at least 4 members (excludes halogenated alkanes) is 1. The highest BCUT2D eigenvalue weighted by Gasteiger charge is 2.12. The number of nitrogens with zero attached hydrogens (tertiary/aromatic N) is 3. The SMILES string of the molecule is CCCCNc1cc(C)nc(N(CC)c2cccc(C)c2)n1. The Morgan fingerprint density at radius 3 is 2.59 bits per heavy atom. The molecule has 0 unspecified atom stereocenters. The van der Waals surface area contributed by atoms with Crippen LogP contribution in [0.3, 0.4) is 0 Å². The van der Waals surface area contributed by atoms with E-state index in [-0.39, 0.29) is 0 Å². The highest BCUT2D eigenvalue weighted by Crippen LogP contribution is 2.24. The van der Waals surface area contributed by atoms with E-state index in [9.17, 15) is 0 Å². The van der Waals surface area contributed by atoms with Crippen molar-refractivity contribution in [1.82, 2.24) is 9.97 Å². The molecular formula is C18H26N4. The monoisotopic (exact) mass is 298 g/mol. The normalized spacial score (nSPS) is 10.5. The topological polar surface area (TPSA) is 41.1 Å². The third-order valence-corrected chi connectivity index (χ3v) is 3.55. The van der Waals surface area contributed by atoms with E-state index >= 15 is 0 Å². The van der Waals surface area contributed by atoms with Crippen LogP contribution in [0.1, 0.15) is 37.9 Å². The summed E-state index contributed by atoms with van der Waals surface area (Å²) in [6.07, 6.45) is 2.32. The first-order valence-electron chi connectivity index (χ1n) is 8.07. The Bertz CT molecular complexity index is 610. The fourth-order valence-electron chi connectivity index (χ4n) is 2.39. The van der Waals surface area contributed by atoms with Crippen molar-refractivity contribution in [2.45, 2.75) is 40.5 Å². The molecule has 1 aromatic heterocycles. The number of aromatic nitrogens is 2. The van der Waals surface area contributed by atoms with E-state index in [0.717, 1.165) is 42.7 Å². The van der Waals surface area contributed by atoms with Gasteiger partial charge >= 0.3 is 0 Å². The summed E-state index contributed by atoms with van der Waals surface area (Å²) in [5.41, 5.74) is 3.35. The first-order chi connectivity index (χ1) is 10.6. The number of aryl methyl sites for hydroxylation is 2. The van der Waals surface area contributed by atoms with Crippen LogP contribution in [0, 0.1) is 13.8 Å². The van der Waals surface area contributed by atoms with Crippen molar-refractivity contribution in [2.75, 3.05) is 23.3 Å². The van der Waals surface area contributed by atoms with Gasteiger partial charge in [0.1, 0.15) is 5.82 Å². The molecule has 0 aliphatic heterocycles. The van der Waals surface area contributed by atoms with Crippen LogP contribution in [-0.2, 0) is 0 Å². The molecule has 0 amide bonds. The van der Waals surface area contributed by atoms with Crippen LogP contribution in [0.2, 0.25) is 0 Å². The van der Waals surface area contributed by atoms with Crippen LogP contribution in [0.25, 0.3) is 0 Å². The Kier molecular flexibility index (Phi) is 5.75. The van der Waals surface area contributed by atoms with Crippen LogP contribution < -0.4 is 10.2 Å². The van der Waals surface area contributed by atoms with E-state index in [0.29, 0.717) is 0 Å². The molecule has 1 heterocycles. The Balaban J connectivity index is 2.28. The third-order valence-electron chi connectivity index (χ3n) is 3.55.